The summed E-state index contributed by atoms with van der Waals surface area (Å²) < 4.78 is 1.88. The van der Waals surface area contributed by atoms with Crippen molar-refractivity contribution in [1.29, 1.82) is 0 Å². The maximum Gasteiger partial charge on any atom is 0.255 e. The molecule has 0 aliphatic heterocycles. The molecule has 1 saturated carbocycles. The maximum atomic E-state index is 13.5. The lowest BCUT2D eigenvalue weighted by Gasteiger charge is -2.26. The molecule has 1 aromatic carbocycles. The molecule has 2 heterocycles. The molecule has 32 heavy (non-hydrogen) atoms. The molecule has 2 N–H and O–H groups in total. The van der Waals surface area contributed by atoms with E-state index >= 15 is 0 Å². The molecule has 0 radical (unpaired) electrons. The van der Waals surface area contributed by atoms with E-state index in [4.69, 9.17) is 0 Å². The quantitative estimate of drug-likeness (QED) is 0.502. The number of fused-ring (bicyclic) bond motifs is 1. The van der Waals surface area contributed by atoms with Crippen LogP contribution < -0.4 is 10.6 Å². The lowest BCUT2D eigenvalue weighted by atomic mass is 9.94. The number of amides is 1. The molecule has 3 aromatic rings. The average Bonchev–Trinajstić information content (AvgIpc) is 3.24. The van der Waals surface area contributed by atoms with Gasteiger partial charge in [-0.05, 0) is 56.7 Å². The van der Waals surface area contributed by atoms with Gasteiger partial charge in [-0.25, -0.2) is 9.67 Å². The second-order valence-corrected chi connectivity index (χ2v) is 8.95. The van der Waals surface area contributed by atoms with Gasteiger partial charge in [0.25, 0.3) is 5.91 Å². The molecular formula is C26H35N5O. The van der Waals surface area contributed by atoms with Gasteiger partial charge in [-0.3, -0.25) is 4.79 Å². The smallest absolute Gasteiger partial charge is 0.255 e. The summed E-state index contributed by atoms with van der Waals surface area (Å²) in [5.41, 5.74) is 5.94. The Labute approximate surface area is 190 Å². The van der Waals surface area contributed by atoms with E-state index in [1.165, 1.54) is 36.0 Å². The number of aromatic nitrogens is 3. The molecule has 0 saturated heterocycles. The number of anilines is 1. The Hall–Kier alpha value is -2.89. The van der Waals surface area contributed by atoms with Crippen LogP contribution in [0.3, 0.4) is 0 Å². The number of pyridine rings is 1. The monoisotopic (exact) mass is 433 g/mol. The first-order chi connectivity index (χ1) is 15.5. The molecule has 6 nitrogen and oxygen atoms in total. The van der Waals surface area contributed by atoms with E-state index in [9.17, 15) is 4.79 Å². The van der Waals surface area contributed by atoms with Crippen molar-refractivity contribution < 1.29 is 4.79 Å². The Morgan fingerprint density at radius 3 is 2.66 bits per heavy atom. The zero-order valence-electron chi connectivity index (χ0n) is 19.7. The van der Waals surface area contributed by atoms with Crippen LogP contribution in [0.15, 0.2) is 30.6 Å². The van der Waals surface area contributed by atoms with Crippen molar-refractivity contribution in [2.45, 2.75) is 84.8 Å². The highest BCUT2D eigenvalue weighted by Crippen LogP contribution is 2.31. The number of rotatable bonds is 7. The van der Waals surface area contributed by atoms with Gasteiger partial charge in [-0.2, -0.15) is 5.10 Å². The number of carbonyl (C=O) groups is 1. The minimum absolute atomic E-state index is 0.0426. The largest absolute Gasteiger partial charge is 0.381 e. The zero-order chi connectivity index (χ0) is 22.7. The Morgan fingerprint density at radius 2 is 1.94 bits per heavy atom. The van der Waals surface area contributed by atoms with Crippen molar-refractivity contribution in [2.24, 2.45) is 0 Å². The normalized spacial score (nSPS) is 15.6. The predicted octanol–water partition coefficient (Wildman–Crippen LogP) is 5.69. The highest BCUT2D eigenvalue weighted by atomic mass is 16.1. The third kappa shape index (κ3) is 4.36. The molecule has 1 amide bonds. The minimum atomic E-state index is -0.0882. The Morgan fingerprint density at radius 1 is 1.16 bits per heavy atom. The molecule has 1 aliphatic carbocycles. The van der Waals surface area contributed by atoms with Crippen LogP contribution in [0.4, 0.5) is 5.69 Å². The summed E-state index contributed by atoms with van der Waals surface area (Å²) in [6.45, 7) is 9.15. The molecule has 2 aromatic heterocycles. The third-order valence-corrected chi connectivity index (χ3v) is 6.90. The Kier molecular flexibility index (Phi) is 6.77. The van der Waals surface area contributed by atoms with Gasteiger partial charge in [0.2, 0.25) is 0 Å². The van der Waals surface area contributed by atoms with Gasteiger partial charge in [0.15, 0.2) is 5.65 Å². The van der Waals surface area contributed by atoms with Crippen LogP contribution in [0, 0.1) is 13.8 Å². The van der Waals surface area contributed by atoms with Crippen LogP contribution in [-0.2, 0) is 6.54 Å². The third-order valence-electron chi connectivity index (χ3n) is 6.90. The summed E-state index contributed by atoms with van der Waals surface area (Å²) in [4.78, 5) is 18.2. The van der Waals surface area contributed by atoms with Crippen molar-refractivity contribution in [2.75, 3.05) is 5.32 Å². The lowest BCUT2D eigenvalue weighted by molar-refractivity contribution is 0.0936. The van der Waals surface area contributed by atoms with Crippen LogP contribution in [0.1, 0.15) is 85.5 Å². The second kappa shape index (κ2) is 9.72. The minimum Gasteiger partial charge on any atom is -0.381 e. The van der Waals surface area contributed by atoms with Gasteiger partial charge in [-0.15, -0.1) is 0 Å². The van der Waals surface area contributed by atoms with E-state index in [1.54, 1.807) is 6.20 Å². The number of nitrogens with one attached hydrogen (secondary N) is 2. The molecule has 1 unspecified atom stereocenters. The van der Waals surface area contributed by atoms with Crippen molar-refractivity contribution in [1.82, 2.24) is 20.1 Å². The van der Waals surface area contributed by atoms with Gasteiger partial charge in [0, 0.05) is 18.8 Å². The summed E-state index contributed by atoms with van der Waals surface area (Å²) in [6.07, 6.45) is 10.4. The standard InChI is InChI=1S/C26H35N5O/c1-5-23(20-14-10-11-17(3)18(20)4)30-26(32)22-15-27-25-21(16-28-31(25)6-2)24(22)29-19-12-8-7-9-13-19/h10-11,14-16,19,23H,5-9,12-13H2,1-4H3,(H,27,29)(H,30,32). The molecule has 1 aliphatic rings. The number of benzene rings is 1. The molecule has 1 fully saturated rings. The first kappa shape index (κ1) is 22.3. The summed E-state index contributed by atoms with van der Waals surface area (Å²) in [6, 6.07) is 6.63. The topological polar surface area (TPSA) is 71.8 Å². The molecule has 6 heteroatoms. The summed E-state index contributed by atoms with van der Waals surface area (Å²) in [5.74, 6) is -0.0882. The number of hydrogen-bond acceptors (Lipinski definition) is 4. The van der Waals surface area contributed by atoms with Crippen LogP contribution in [0.5, 0.6) is 0 Å². The first-order valence-corrected chi connectivity index (χ1v) is 12.0. The maximum absolute atomic E-state index is 13.5. The highest BCUT2D eigenvalue weighted by molar-refractivity contribution is 6.06. The van der Waals surface area contributed by atoms with Crippen molar-refractivity contribution in [3.05, 3.63) is 52.8 Å². The SMILES string of the molecule is CCC(NC(=O)c1cnc2c(cnn2CC)c1NC1CCCCC1)c1cccc(C)c1C. The predicted molar refractivity (Wildman–Crippen MR) is 130 cm³/mol. The van der Waals surface area contributed by atoms with Crippen LogP contribution in [0.25, 0.3) is 11.0 Å². The molecule has 0 spiro atoms. The van der Waals surface area contributed by atoms with Gasteiger partial charge >= 0.3 is 0 Å². The average molecular weight is 434 g/mol. The summed E-state index contributed by atoms with van der Waals surface area (Å²) in [5, 5.41) is 12.4. The Balaban J connectivity index is 1.69. The first-order valence-electron chi connectivity index (χ1n) is 12.0. The molecule has 0 bridgehead atoms. The summed E-state index contributed by atoms with van der Waals surface area (Å²) >= 11 is 0. The van der Waals surface area contributed by atoms with Gasteiger partial charge in [0.05, 0.1) is 28.9 Å². The van der Waals surface area contributed by atoms with Crippen molar-refractivity contribution in [3.8, 4) is 0 Å². The molecule has 1 atom stereocenters. The van der Waals surface area contributed by atoms with E-state index < -0.39 is 0 Å². The van der Waals surface area contributed by atoms with Crippen molar-refractivity contribution >= 4 is 22.6 Å². The highest BCUT2D eigenvalue weighted by Gasteiger charge is 2.24. The fourth-order valence-corrected chi connectivity index (χ4v) is 4.82. The van der Waals surface area contributed by atoms with E-state index in [1.807, 2.05) is 10.9 Å². The lowest BCUT2D eigenvalue weighted by Crippen LogP contribution is -2.31. The van der Waals surface area contributed by atoms with E-state index in [2.05, 4.69) is 66.6 Å². The number of aryl methyl sites for hydroxylation is 2. The number of nitrogens with zero attached hydrogens (tertiary/aromatic N) is 3. The summed E-state index contributed by atoms with van der Waals surface area (Å²) in [7, 11) is 0. The van der Waals surface area contributed by atoms with E-state index in [0.717, 1.165) is 42.5 Å². The van der Waals surface area contributed by atoms with Crippen LogP contribution in [0.2, 0.25) is 0 Å². The van der Waals surface area contributed by atoms with E-state index in [0.29, 0.717) is 11.6 Å². The van der Waals surface area contributed by atoms with Gasteiger partial charge in [0.1, 0.15) is 0 Å². The van der Waals surface area contributed by atoms with E-state index in [-0.39, 0.29) is 11.9 Å². The fraction of sp³-hybridized carbons (Fsp3) is 0.500. The number of hydrogen-bond donors (Lipinski definition) is 2. The van der Waals surface area contributed by atoms with Gasteiger partial charge in [-0.1, -0.05) is 44.4 Å². The van der Waals surface area contributed by atoms with Crippen LogP contribution >= 0.6 is 0 Å². The Bertz CT molecular complexity index is 1100. The number of carbonyl (C=O) groups excluding carboxylic acids is 1. The molecule has 170 valence electrons. The van der Waals surface area contributed by atoms with Crippen LogP contribution in [-0.4, -0.2) is 26.7 Å². The second-order valence-electron chi connectivity index (χ2n) is 8.95. The van der Waals surface area contributed by atoms with Gasteiger partial charge < -0.3 is 10.6 Å². The fourth-order valence-electron chi connectivity index (χ4n) is 4.82. The molecule has 4 rings (SSSR count). The van der Waals surface area contributed by atoms with Crippen molar-refractivity contribution in [3.63, 3.8) is 0 Å². The molecular weight excluding hydrogens is 398 g/mol. The zero-order valence-corrected chi connectivity index (χ0v) is 19.7.